The number of aromatic amines is 1. The summed E-state index contributed by atoms with van der Waals surface area (Å²) < 4.78 is 1.59. The van der Waals surface area contributed by atoms with Crippen molar-refractivity contribution in [2.75, 3.05) is 5.75 Å². The van der Waals surface area contributed by atoms with Gasteiger partial charge in [0.05, 0.1) is 16.8 Å². The Morgan fingerprint density at radius 1 is 1.33 bits per heavy atom. The zero-order valence-electron chi connectivity index (χ0n) is 14.2. The molecule has 0 atom stereocenters. The van der Waals surface area contributed by atoms with Crippen LogP contribution in [0.3, 0.4) is 0 Å². The number of ketones is 1. The monoisotopic (exact) mass is 413 g/mol. The number of H-pyrrole nitrogens is 1. The van der Waals surface area contributed by atoms with Crippen LogP contribution in [0.5, 0.6) is 0 Å². The van der Waals surface area contributed by atoms with E-state index < -0.39 is 0 Å². The molecule has 0 fully saturated rings. The van der Waals surface area contributed by atoms with Gasteiger partial charge in [0.25, 0.3) is 5.56 Å². The fourth-order valence-electron chi connectivity index (χ4n) is 2.73. The van der Waals surface area contributed by atoms with Crippen LogP contribution in [0, 0.1) is 0 Å². The summed E-state index contributed by atoms with van der Waals surface area (Å²) in [4.78, 5) is 34.8. The van der Waals surface area contributed by atoms with Crippen molar-refractivity contribution in [1.29, 1.82) is 0 Å². The number of hydrogen-bond donors (Lipinski definition) is 1. The number of thiophene rings is 2. The number of nitrogens with one attached hydrogen (secondary N) is 1. The van der Waals surface area contributed by atoms with E-state index in [0.29, 0.717) is 27.6 Å². The predicted molar refractivity (Wildman–Crippen MR) is 113 cm³/mol. The Hall–Kier alpha value is -2.42. The molecule has 0 aliphatic carbocycles. The second kappa shape index (κ2) is 7.67. The second-order valence-corrected chi connectivity index (χ2v) is 8.45. The zero-order valence-corrected chi connectivity index (χ0v) is 16.6. The molecule has 0 bridgehead atoms. The molecular formula is C19H15N3O2S3. The molecule has 0 radical (unpaired) electrons. The van der Waals surface area contributed by atoms with Gasteiger partial charge >= 0.3 is 0 Å². The number of aromatic nitrogens is 3. The fourth-order valence-corrected chi connectivity index (χ4v) is 5.43. The molecule has 5 nitrogen and oxygen atoms in total. The molecule has 136 valence electrons. The van der Waals surface area contributed by atoms with Crippen molar-refractivity contribution in [3.05, 3.63) is 69.9 Å². The Labute approximate surface area is 167 Å². The quantitative estimate of drug-likeness (QED) is 0.207. The summed E-state index contributed by atoms with van der Waals surface area (Å²) >= 11 is 4.32. The summed E-state index contributed by atoms with van der Waals surface area (Å²) in [5, 5.41) is 5.13. The maximum absolute atomic E-state index is 13.2. The van der Waals surface area contributed by atoms with Crippen molar-refractivity contribution in [2.24, 2.45) is 0 Å². The van der Waals surface area contributed by atoms with Gasteiger partial charge in [0.15, 0.2) is 10.9 Å². The largest absolute Gasteiger partial charge is 0.359 e. The molecule has 0 amide bonds. The first-order valence-electron chi connectivity index (χ1n) is 8.15. The highest BCUT2D eigenvalue weighted by atomic mass is 32.2. The van der Waals surface area contributed by atoms with Crippen molar-refractivity contribution in [3.63, 3.8) is 0 Å². The number of allylic oxidation sites excluding steroid dienone is 1. The molecular weight excluding hydrogens is 398 g/mol. The van der Waals surface area contributed by atoms with Gasteiger partial charge in [0.2, 0.25) is 0 Å². The Balaban J connectivity index is 1.74. The van der Waals surface area contributed by atoms with Gasteiger partial charge in [0, 0.05) is 28.6 Å². The highest BCUT2D eigenvalue weighted by molar-refractivity contribution is 7.99. The first-order valence-corrected chi connectivity index (χ1v) is 10.9. The van der Waals surface area contributed by atoms with Crippen LogP contribution in [0.1, 0.15) is 10.5 Å². The first-order chi connectivity index (χ1) is 13.2. The number of carbonyl (C=O) groups excluding carboxylic acids is 1. The van der Waals surface area contributed by atoms with Gasteiger partial charge in [-0.3, -0.25) is 14.2 Å². The minimum atomic E-state index is -0.0978. The van der Waals surface area contributed by atoms with E-state index in [1.165, 1.54) is 23.1 Å². The van der Waals surface area contributed by atoms with E-state index >= 15 is 0 Å². The molecule has 0 aromatic carbocycles. The molecule has 4 rings (SSSR count). The summed E-state index contributed by atoms with van der Waals surface area (Å²) in [6.45, 7) is 4.10. The van der Waals surface area contributed by atoms with E-state index in [4.69, 9.17) is 0 Å². The number of thioether (sulfide) groups is 1. The molecule has 8 heteroatoms. The normalized spacial score (nSPS) is 11.1. The van der Waals surface area contributed by atoms with Crippen LogP contribution in [0.15, 0.2) is 63.8 Å². The molecule has 4 aromatic rings. The van der Waals surface area contributed by atoms with Crippen molar-refractivity contribution in [2.45, 2.75) is 11.7 Å². The third-order valence-electron chi connectivity index (χ3n) is 3.99. The number of rotatable bonds is 7. The summed E-state index contributed by atoms with van der Waals surface area (Å²) in [6.07, 6.45) is 3.39. The molecule has 4 heterocycles. The van der Waals surface area contributed by atoms with E-state index in [1.807, 2.05) is 22.9 Å². The van der Waals surface area contributed by atoms with Gasteiger partial charge in [-0.15, -0.1) is 29.3 Å². The first kappa shape index (κ1) is 18.0. The summed E-state index contributed by atoms with van der Waals surface area (Å²) in [5.74, 6) is 0.175. The maximum Gasteiger partial charge on any atom is 0.263 e. The maximum atomic E-state index is 13.2. The number of Topliss-reactive ketones (excluding diaryl/α,β-unsaturated/α-hetero) is 1. The van der Waals surface area contributed by atoms with E-state index in [9.17, 15) is 9.59 Å². The van der Waals surface area contributed by atoms with E-state index in [1.54, 1.807) is 40.3 Å². The molecule has 0 aliphatic heterocycles. The summed E-state index contributed by atoms with van der Waals surface area (Å²) in [7, 11) is 0. The third kappa shape index (κ3) is 3.43. The van der Waals surface area contributed by atoms with Gasteiger partial charge < -0.3 is 4.98 Å². The van der Waals surface area contributed by atoms with Crippen LogP contribution in [0.2, 0.25) is 0 Å². The van der Waals surface area contributed by atoms with Gasteiger partial charge in [-0.2, -0.15) is 0 Å². The van der Waals surface area contributed by atoms with Crippen LogP contribution in [0.4, 0.5) is 0 Å². The second-order valence-electron chi connectivity index (χ2n) is 5.70. The minimum Gasteiger partial charge on any atom is -0.359 e. The van der Waals surface area contributed by atoms with E-state index in [0.717, 1.165) is 10.4 Å². The molecule has 0 aliphatic rings. The molecule has 4 aromatic heterocycles. The van der Waals surface area contributed by atoms with Crippen LogP contribution < -0.4 is 5.56 Å². The van der Waals surface area contributed by atoms with Gasteiger partial charge in [-0.25, -0.2) is 4.98 Å². The van der Waals surface area contributed by atoms with Crippen molar-refractivity contribution < 1.29 is 4.79 Å². The summed E-state index contributed by atoms with van der Waals surface area (Å²) in [5.41, 5.74) is 1.37. The molecule has 0 spiro atoms. The third-order valence-corrected chi connectivity index (χ3v) is 6.74. The van der Waals surface area contributed by atoms with E-state index in [2.05, 4.69) is 16.5 Å². The van der Waals surface area contributed by atoms with Gasteiger partial charge in [-0.1, -0.05) is 23.9 Å². The fraction of sp³-hybridized carbons (Fsp3) is 0.105. The number of hydrogen-bond acceptors (Lipinski definition) is 6. The highest BCUT2D eigenvalue weighted by Crippen LogP contribution is 2.34. The zero-order chi connectivity index (χ0) is 18.8. The van der Waals surface area contributed by atoms with E-state index in [-0.39, 0.29) is 17.1 Å². The van der Waals surface area contributed by atoms with Gasteiger partial charge in [0.1, 0.15) is 4.83 Å². The lowest BCUT2D eigenvalue weighted by Crippen LogP contribution is -2.23. The topological polar surface area (TPSA) is 67.8 Å². The van der Waals surface area contributed by atoms with Crippen LogP contribution in [-0.4, -0.2) is 26.1 Å². The number of nitrogens with zero attached hydrogens (tertiary/aromatic N) is 2. The number of carbonyl (C=O) groups is 1. The standard InChI is InChI=1S/C19H15N3O2S3/c1-2-8-22-18(24)16-12(15-6-4-9-25-15)10-26-17(16)21-19(22)27-11-14(23)13-5-3-7-20-13/h2-7,9-10,20H,1,8,11H2. The molecule has 27 heavy (non-hydrogen) atoms. The Morgan fingerprint density at radius 2 is 2.22 bits per heavy atom. The van der Waals surface area contributed by atoms with Crippen LogP contribution >= 0.6 is 34.4 Å². The Kier molecular flexibility index (Phi) is 5.11. The molecule has 0 saturated heterocycles. The summed E-state index contributed by atoms with van der Waals surface area (Å²) in [6, 6.07) is 7.49. The van der Waals surface area contributed by atoms with Crippen LogP contribution in [0.25, 0.3) is 20.7 Å². The molecule has 0 unspecified atom stereocenters. The minimum absolute atomic E-state index is 0.0325. The van der Waals surface area contributed by atoms with Gasteiger partial charge in [-0.05, 0) is 23.6 Å². The highest BCUT2D eigenvalue weighted by Gasteiger charge is 2.18. The SMILES string of the molecule is C=CCn1c(SCC(=O)c2ccc[nH]2)nc2scc(-c3cccs3)c2c1=O. The van der Waals surface area contributed by atoms with Crippen molar-refractivity contribution in [3.8, 4) is 10.4 Å². The Morgan fingerprint density at radius 3 is 2.93 bits per heavy atom. The van der Waals surface area contributed by atoms with Crippen molar-refractivity contribution in [1.82, 2.24) is 14.5 Å². The average Bonchev–Trinajstić information content (AvgIpc) is 3.42. The number of fused-ring (bicyclic) bond motifs is 1. The van der Waals surface area contributed by atoms with Crippen molar-refractivity contribution >= 4 is 50.4 Å². The van der Waals surface area contributed by atoms with Crippen LogP contribution in [-0.2, 0) is 6.54 Å². The smallest absolute Gasteiger partial charge is 0.263 e. The molecule has 0 saturated carbocycles. The molecule has 1 N–H and O–H groups in total. The lowest BCUT2D eigenvalue weighted by molar-refractivity contribution is 0.101. The lowest BCUT2D eigenvalue weighted by atomic mass is 10.2. The average molecular weight is 414 g/mol. The predicted octanol–water partition coefficient (Wildman–Crippen LogP) is 4.68. The Bertz CT molecular complexity index is 1160. The lowest BCUT2D eigenvalue weighted by Gasteiger charge is -2.10.